The van der Waals surface area contributed by atoms with E-state index in [2.05, 4.69) is 34.6 Å². The van der Waals surface area contributed by atoms with Crippen molar-refractivity contribution in [1.82, 2.24) is 0 Å². The highest BCUT2D eigenvalue weighted by Crippen LogP contribution is 2.71. The first-order valence-corrected chi connectivity index (χ1v) is 14.9. The van der Waals surface area contributed by atoms with Gasteiger partial charge < -0.3 is 9.47 Å². The Hall–Kier alpha value is -1.65. The summed E-state index contributed by atoms with van der Waals surface area (Å²) >= 11 is 0. The summed E-state index contributed by atoms with van der Waals surface area (Å²) in [5.74, 6) is 2.73. The van der Waals surface area contributed by atoms with Gasteiger partial charge in [-0.25, -0.2) is 0 Å². The number of allylic oxidation sites excluding steroid dienone is 1. The van der Waals surface area contributed by atoms with Crippen LogP contribution in [0.3, 0.4) is 0 Å². The van der Waals surface area contributed by atoms with Crippen LogP contribution < -0.4 is 0 Å². The third-order valence-corrected chi connectivity index (χ3v) is 12.1. The van der Waals surface area contributed by atoms with Gasteiger partial charge in [-0.05, 0) is 109 Å². The maximum absolute atomic E-state index is 13.4. The maximum atomic E-state index is 13.4. The zero-order chi connectivity index (χ0) is 26.9. The number of carbonyl (C=O) groups excluding carboxylic acids is 3. The summed E-state index contributed by atoms with van der Waals surface area (Å²) in [5, 5.41) is 0. The van der Waals surface area contributed by atoms with Crippen molar-refractivity contribution in [3.63, 3.8) is 0 Å². The lowest BCUT2D eigenvalue weighted by Gasteiger charge is -2.67. The minimum Gasteiger partial charge on any atom is -0.465 e. The van der Waals surface area contributed by atoms with E-state index in [9.17, 15) is 14.4 Å². The molecule has 0 heterocycles. The van der Waals surface area contributed by atoms with Crippen molar-refractivity contribution in [2.75, 3.05) is 6.61 Å². The molecule has 0 aromatic heterocycles. The molecule has 0 bridgehead atoms. The molecule has 9 unspecified atom stereocenters. The summed E-state index contributed by atoms with van der Waals surface area (Å²) in [6.07, 6.45) is 9.48. The second-order valence-corrected chi connectivity index (χ2v) is 14.2. The number of fused-ring (bicyclic) bond motifs is 7. The van der Waals surface area contributed by atoms with Gasteiger partial charge in [0.2, 0.25) is 0 Å². The van der Waals surface area contributed by atoms with Crippen molar-refractivity contribution >= 4 is 17.7 Å². The number of ketones is 1. The van der Waals surface area contributed by atoms with Crippen LogP contribution in [0, 0.1) is 51.8 Å². The first-order chi connectivity index (χ1) is 17.3. The number of hydrogen-bond donors (Lipinski definition) is 0. The van der Waals surface area contributed by atoms with Crippen molar-refractivity contribution in [2.24, 2.45) is 51.8 Å². The van der Waals surface area contributed by atoms with Gasteiger partial charge >= 0.3 is 11.9 Å². The normalized spacial score (nSPS) is 45.0. The summed E-state index contributed by atoms with van der Waals surface area (Å²) < 4.78 is 11.4. The standard InChI is InChI=1S/C32H48O5/c1-18(2)28-25(35)16-32(17-36-20(4)33)15-11-24-22(29(28)32)8-9-27-30(6)14-12-26(37-21(5)34)19(3)23(30)10-13-31(24,27)7/h18-19,22-24,26-27H,8-17H2,1-7H3. The van der Waals surface area contributed by atoms with E-state index in [1.54, 1.807) is 0 Å². The van der Waals surface area contributed by atoms with Gasteiger partial charge in [0, 0.05) is 25.7 Å². The number of esters is 2. The summed E-state index contributed by atoms with van der Waals surface area (Å²) in [6.45, 7) is 15.1. The predicted molar refractivity (Wildman–Crippen MR) is 142 cm³/mol. The molecule has 0 aromatic carbocycles. The second-order valence-electron chi connectivity index (χ2n) is 14.2. The molecule has 5 aliphatic rings. The highest BCUT2D eigenvalue weighted by Gasteiger charge is 2.65. The molecule has 5 aliphatic carbocycles. The fourth-order valence-corrected chi connectivity index (χ4v) is 10.8. The van der Waals surface area contributed by atoms with E-state index in [1.165, 1.54) is 38.7 Å². The Bertz CT molecular complexity index is 1010. The van der Waals surface area contributed by atoms with Crippen LogP contribution in [0.15, 0.2) is 11.1 Å². The molecule has 0 saturated heterocycles. The minimum atomic E-state index is -0.287. The van der Waals surface area contributed by atoms with Crippen LogP contribution in [0.25, 0.3) is 0 Å². The lowest BCUT2D eigenvalue weighted by atomic mass is 9.38. The Morgan fingerprint density at radius 1 is 0.919 bits per heavy atom. The molecule has 0 aromatic rings. The van der Waals surface area contributed by atoms with Gasteiger partial charge in [0.05, 0.1) is 0 Å². The van der Waals surface area contributed by atoms with Crippen LogP contribution in [0.5, 0.6) is 0 Å². The number of ether oxygens (including phenoxy) is 2. The Balaban J connectivity index is 1.48. The molecule has 0 radical (unpaired) electrons. The van der Waals surface area contributed by atoms with Gasteiger partial charge in [-0.3, -0.25) is 14.4 Å². The average Bonchev–Trinajstić information content (AvgIpc) is 3.12. The number of hydrogen-bond acceptors (Lipinski definition) is 5. The van der Waals surface area contributed by atoms with Crippen LogP contribution in [0.4, 0.5) is 0 Å². The van der Waals surface area contributed by atoms with E-state index >= 15 is 0 Å². The summed E-state index contributed by atoms with van der Waals surface area (Å²) in [5.41, 5.74) is 2.66. The number of Topliss-reactive ketones (excluding diaryl/α,β-unsaturated/α-hetero) is 1. The smallest absolute Gasteiger partial charge is 0.302 e. The number of carbonyl (C=O) groups is 3. The van der Waals surface area contributed by atoms with Crippen molar-refractivity contribution in [3.05, 3.63) is 11.1 Å². The van der Waals surface area contributed by atoms with Crippen LogP contribution in [-0.4, -0.2) is 30.4 Å². The SMILES string of the molecule is CC(=O)OCC12CCC3C(CCC4C3(C)CCC3C(C)C(OC(C)=O)CCC34C)C1=C(C(C)C)C(=O)C2. The molecular weight excluding hydrogens is 464 g/mol. The van der Waals surface area contributed by atoms with Crippen molar-refractivity contribution in [3.8, 4) is 0 Å². The van der Waals surface area contributed by atoms with Gasteiger partial charge in [-0.2, -0.15) is 0 Å². The number of rotatable bonds is 4. The van der Waals surface area contributed by atoms with Crippen LogP contribution in [-0.2, 0) is 23.9 Å². The van der Waals surface area contributed by atoms with Gasteiger partial charge in [0.1, 0.15) is 12.7 Å². The molecule has 4 saturated carbocycles. The van der Waals surface area contributed by atoms with Crippen molar-refractivity contribution < 1.29 is 23.9 Å². The molecular formula is C32H48O5. The van der Waals surface area contributed by atoms with Gasteiger partial charge in [0.15, 0.2) is 5.78 Å². The first-order valence-electron chi connectivity index (χ1n) is 14.9. The summed E-state index contributed by atoms with van der Waals surface area (Å²) in [4.78, 5) is 37.0. The fraction of sp³-hybridized carbons (Fsp3) is 0.844. The topological polar surface area (TPSA) is 69.7 Å². The van der Waals surface area contributed by atoms with E-state index in [1.807, 2.05) is 0 Å². The van der Waals surface area contributed by atoms with Crippen molar-refractivity contribution in [1.29, 1.82) is 0 Å². The largest absolute Gasteiger partial charge is 0.465 e. The Kier molecular flexibility index (Phi) is 6.72. The fourth-order valence-electron chi connectivity index (χ4n) is 10.8. The van der Waals surface area contributed by atoms with Crippen molar-refractivity contribution in [2.45, 2.75) is 112 Å². The molecule has 37 heavy (non-hydrogen) atoms. The summed E-state index contributed by atoms with van der Waals surface area (Å²) in [7, 11) is 0. The summed E-state index contributed by atoms with van der Waals surface area (Å²) in [6, 6.07) is 0. The third-order valence-electron chi connectivity index (χ3n) is 12.1. The van der Waals surface area contributed by atoms with E-state index in [0.717, 1.165) is 37.7 Å². The lowest BCUT2D eigenvalue weighted by molar-refractivity contribution is -0.190. The molecule has 0 N–H and O–H groups in total. The monoisotopic (exact) mass is 512 g/mol. The third kappa shape index (κ3) is 4.04. The lowest BCUT2D eigenvalue weighted by Crippen LogP contribution is -2.60. The zero-order valence-corrected chi connectivity index (χ0v) is 24.2. The van der Waals surface area contributed by atoms with E-state index in [4.69, 9.17) is 9.47 Å². The highest BCUT2D eigenvalue weighted by molar-refractivity contribution is 6.00. The highest BCUT2D eigenvalue weighted by atomic mass is 16.5. The average molecular weight is 513 g/mol. The van der Waals surface area contributed by atoms with E-state index in [-0.39, 0.29) is 40.2 Å². The maximum Gasteiger partial charge on any atom is 0.302 e. The van der Waals surface area contributed by atoms with Crippen LogP contribution >= 0.6 is 0 Å². The molecule has 0 amide bonds. The van der Waals surface area contributed by atoms with Gasteiger partial charge in [-0.1, -0.05) is 34.6 Å². The molecule has 9 atom stereocenters. The molecule has 0 aliphatic heterocycles. The molecule has 5 nitrogen and oxygen atoms in total. The molecule has 0 spiro atoms. The van der Waals surface area contributed by atoms with E-state index < -0.39 is 0 Å². The predicted octanol–water partition coefficient (Wildman–Crippen LogP) is 6.68. The second kappa shape index (κ2) is 9.23. The molecule has 206 valence electrons. The Morgan fingerprint density at radius 2 is 1.57 bits per heavy atom. The van der Waals surface area contributed by atoms with Crippen LogP contribution in [0.2, 0.25) is 0 Å². The first kappa shape index (κ1) is 26.9. The Labute approximate surface area is 223 Å². The van der Waals surface area contributed by atoms with Gasteiger partial charge in [0.25, 0.3) is 0 Å². The van der Waals surface area contributed by atoms with Gasteiger partial charge in [-0.15, -0.1) is 0 Å². The van der Waals surface area contributed by atoms with Crippen LogP contribution in [0.1, 0.15) is 106 Å². The Morgan fingerprint density at radius 3 is 2.22 bits per heavy atom. The molecule has 5 heteroatoms. The van der Waals surface area contributed by atoms with E-state index in [0.29, 0.717) is 48.4 Å². The molecule has 4 fully saturated rings. The molecule has 5 rings (SSSR count). The zero-order valence-electron chi connectivity index (χ0n) is 24.2. The minimum absolute atomic E-state index is 0.0519. The quantitative estimate of drug-likeness (QED) is 0.393.